The third-order valence-electron chi connectivity index (χ3n) is 5.50. The van der Waals surface area contributed by atoms with Gasteiger partial charge in [-0.25, -0.2) is 0 Å². The first kappa shape index (κ1) is 16.2. The number of rotatable bonds is 2. The molecule has 2 aliphatic rings. The van der Waals surface area contributed by atoms with Crippen LogP contribution in [0.25, 0.3) is 0 Å². The van der Waals surface area contributed by atoms with Gasteiger partial charge in [0, 0.05) is 37.0 Å². The van der Waals surface area contributed by atoms with E-state index >= 15 is 0 Å². The molecule has 1 aliphatic carbocycles. The first-order valence-electron chi connectivity index (χ1n) is 9.40. The predicted octanol–water partition coefficient (Wildman–Crippen LogP) is 3.68. The molecule has 0 radical (unpaired) electrons. The fourth-order valence-corrected chi connectivity index (χ4v) is 4.13. The lowest BCUT2D eigenvalue weighted by molar-refractivity contribution is 0.0705. The maximum Gasteiger partial charge on any atom is 0.253 e. The standard InChI is InChI=1S/C21H25N3O/c1-15-12-22-13-20(23-15)19-7-4-10-24(14-19)21(25)18-9-8-16-5-2-3-6-17(16)11-18/h8-9,11-13,19H,2-7,10,14H2,1H3. The second-order valence-electron chi connectivity index (χ2n) is 7.37. The molecule has 2 aromatic rings. The zero-order valence-electron chi connectivity index (χ0n) is 14.9. The Kier molecular flexibility index (Phi) is 4.51. The molecule has 0 bridgehead atoms. The van der Waals surface area contributed by atoms with Crippen LogP contribution in [-0.4, -0.2) is 33.9 Å². The van der Waals surface area contributed by atoms with Crippen LogP contribution >= 0.6 is 0 Å². The number of nitrogens with zero attached hydrogens (tertiary/aromatic N) is 3. The highest BCUT2D eigenvalue weighted by molar-refractivity contribution is 5.94. The molecule has 0 N–H and O–H groups in total. The summed E-state index contributed by atoms with van der Waals surface area (Å²) >= 11 is 0. The van der Waals surface area contributed by atoms with Gasteiger partial charge in [0.25, 0.3) is 5.91 Å². The largest absolute Gasteiger partial charge is 0.338 e. The summed E-state index contributed by atoms with van der Waals surface area (Å²) in [6, 6.07) is 6.31. The normalized spacial score (nSPS) is 20.2. The van der Waals surface area contributed by atoms with Crippen LogP contribution < -0.4 is 0 Å². The van der Waals surface area contributed by atoms with E-state index in [1.165, 1.54) is 24.0 Å². The second-order valence-corrected chi connectivity index (χ2v) is 7.37. The van der Waals surface area contributed by atoms with Gasteiger partial charge in [-0.2, -0.15) is 0 Å². The predicted molar refractivity (Wildman–Crippen MR) is 97.7 cm³/mol. The first-order chi connectivity index (χ1) is 12.2. The minimum Gasteiger partial charge on any atom is -0.338 e. The number of fused-ring (bicyclic) bond motifs is 1. The average Bonchev–Trinajstić information content (AvgIpc) is 2.67. The van der Waals surface area contributed by atoms with E-state index in [4.69, 9.17) is 0 Å². The topological polar surface area (TPSA) is 46.1 Å². The number of amides is 1. The smallest absolute Gasteiger partial charge is 0.253 e. The number of carbonyl (C=O) groups excluding carboxylic acids is 1. The zero-order chi connectivity index (χ0) is 17.2. The Labute approximate surface area is 149 Å². The van der Waals surface area contributed by atoms with Crippen LogP contribution in [0.2, 0.25) is 0 Å². The van der Waals surface area contributed by atoms with Gasteiger partial charge in [-0.3, -0.25) is 14.8 Å². The molecule has 1 saturated heterocycles. The SMILES string of the molecule is Cc1cncc(C2CCCN(C(=O)c3ccc4c(c3)CCCC4)C2)n1. The summed E-state index contributed by atoms with van der Waals surface area (Å²) in [5.41, 5.74) is 5.60. The molecule has 4 nitrogen and oxygen atoms in total. The molecule has 25 heavy (non-hydrogen) atoms. The third-order valence-corrected chi connectivity index (χ3v) is 5.50. The Morgan fingerprint density at radius 1 is 1.12 bits per heavy atom. The van der Waals surface area contributed by atoms with Gasteiger partial charge < -0.3 is 4.90 Å². The number of aromatic nitrogens is 2. The maximum atomic E-state index is 13.0. The summed E-state index contributed by atoms with van der Waals surface area (Å²) in [6.45, 7) is 3.55. The van der Waals surface area contributed by atoms with Gasteiger partial charge in [-0.15, -0.1) is 0 Å². The molecular formula is C21H25N3O. The Morgan fingerprint density at radius 3 is 2.80 bits per heavy atom. The van der Waals surface area contributed by atoms with Gasteiger partial charge in [0.2, 0.25) is 0 Å². The number of piperidine rings is 1. The number of likely N-dealkylation sites (tertiary alicyclic amines) is 1. The molecule has 1 amide bonds. The van der Waals surface area contributed by atoms with Gasteiger partial charge in [-0.05, 0) is 68.7 Å². The van der Waals surface area contributed by atoms with Crippen molar-refractivity contribution in [2.45, 2.75) is 51.4 Å². The lowest BCUT2D eigenvalue weighted by Gasteiger charge is -2.32. The summed E-state index contributed by atoms with van der Waals surface area (Å²) in [7, 11) is 0. The molecule has 4 rings (SSSR count). The molecule has 1 aliphatic heterocycles. The highest BCUT2D eigenvalue weighted by Gasteiger charge is 2.27. The Bertz CT molecular complexity index is 786. The summed E-state index contributed by atoms with van der Waals surface area (Å²) in [5.74, 6) is 0.460. The molecule has 0 saturated carbocycles. The summed E-state index contributed by atoms with van der Waals surface area (Å²) in [5, 5.41) is 0. The van der Waals surface area contributed by atoms with Crippen LogP contribution in [0, 0.1) is 6.92 Å². The van der Waals surface area contributed by atoms with E-state index in [-0.39, 0.29) is 5.91 Å². The van der Waals surface area contributed by atoms with Gasteiger partial charge in [0.05, 0.1) is 11.4 Å². The number of hydrogen-bond donors (Lipinski definition) is 0. The molecular weight excluding hydrogens is 310 g/mol. The van der Waals surface area contributed by atoms with Crippen molar-refractivity contribution in [3.63, 3.8) is 0 Å². The van der Waals surface area contributed by atoms with Crippen molar-refractivity contribution < 1.29 is 4.79 Å². The molecule has 1 aromatic carbocycles. The van der Waals surface area contributed by atoms with E-state index in [9.17, 15) is 4.79 Å². The fraction of sp³-hybridized carbons (Fsp3) is 0.476. The number of benzene rings is 1. The van der Waals surface area contributed by atoms with Crippen LogP contribution in [0.15, 0.2) is 30.6 Å². The second kappa shape index (κ2) is 6.95. The van der Waals surface area contributed by atoms with Gasteiger partial charge >= 0.3 is 0 Å². The van der Waals surface area contributed by atoms with Crippen molar-refractivity contribution in [3.05, 3.63) is 58.7 Å². The highest BCUT2D eigenvalue weighted by Crippen LogP contribution is 2.27. The minimum atomic E-state index is 0.165. The van der Waals surface area contributed by atoms with E-state index in [2.05, 4.69) is 22.1 Å². The van der Waals surface area contributed by atoms with Crippen LogP contribution in [0.5, 0.6) is 0 Å². The quantitative estimate of drug-likeness (QED) is 0.841. The van der Waals surface area contributed by atoms with Crippen molar-refractivity contribution in [2.24, 2.45) is 0 Å². The minimum absolute atomic E-state index is 0.165. The number of aryl methyl sites for hydroxylation is 3. The van der Waals surface area contributed by atoms with E-state index in [1.54, 1.807) is 6.20 Å². The lowest BCUT2D eigenvalue weighted by Crippen LogP contribution is -2.39. The molecule has 4 heteroatoms. The maximum absolute atomic E-state index is 13.0. The van der Waals surface area contributed by atoms with Crippen molar-refractivity contribution in [1.29, 1.82) is 0 Å². The van der Waals surface area contributed by atoms with E-state index in [0.29, 0.717) is 5.92 Å². The number of hydrogen-bond acceptors (Lipinski definition) is 3. The summed E-state index contributed by atoms with van der Waals surface area (Å²) < 4.78 is 0. The molecule has 1 fully saturated rings. The van der Waals surface area contributed by atoms with Crippen LogP contribution in [-0.2, 0) is 12.8 Å². The first-order valence-corrected chi connectivity index (χ1v) is 9.40. The van der Waals surface area contributed by atoms with E-state index in [0.717, 1.165) is 55.7 Å². The average molecular weight is 335 g/mol. The third kappa shape index (κ3) is 3.44. The fourth-order valence-electron chi connectivity index (χ4n) is 4.13. The summed E-state index contributed by atoms with van der Waals surface area (Å²) in [4.78, 5) is 23.9. The van der Waals surface area contributed by atoms with Gasteiger partial charge in [-0.1, -0.05) is 6.07 Å². The lowest BCUT2D eigenvalue weighted by atomic mass is 9.89. The van der Waals surface area contributed by atoms with E-state index < -0.39 is 0 Å². The molecule has 2 heterocycles. The zero-order valence-corrected chi connectivity index (χ0v) is 14.9. The van der Waals surface area contributed by atoms with Gasteiger partial charge in [0.15, 0.2) is 0 Å². The molecule has 130 valence electrons. The number of carbonyl (C=O) groups is 1. The van der Waals surface area contributed by atoms with E-state index in [1.807, 2.05) is 24.1 Å². The molecule has 1 unspecified atom stereocenters. The monoisotopic (exact) mass is 335 g/mol. The van der Waals surface area contributed by atoms with Crippen molar-refractivity contribution in [1.82, 2.24) is 14.9 Å². The van der Waals surface area contributed by atoms with Crippen LogP contribution in [0.4, 0.5) is 0 Å². The van der Waals surface area contributed by atoms with Crippen LogP contribution in [0.1, 0.15) is 64.5 Å². The van der Waals surface area contributed by atoms with Gasteiger partial charge in [0.1, 0.15) is 0 Å². The Hall–Kier alpha value is -2.23. The molecule has 0 spiro atoms. The van der Waals surface area contributed by atoms with Crippen molar-refractivity contribution in [3.8, 4) is 0 Å². The van der Waals surface area contributed by atoms with Crippen molar-refractivity contribution >= 4 is 5.91 Å². The Morgan fingerprint density at radius 2 is 1.96 bits per heavy atom. The molecule has 1 aromatic heterocycles. The summed E-state index contributed by atoms with van der Waals surface area (Å²) in [6.07, 6.45) is 10.5. The highest BCUT2D eigenvalue weighted by atomic mass is 16.2. The molecule has 1 atom stereocenters. The van der Waals surface area contributed by atoms with Crippen molar-refractivity contribution in [2.75, 3.05) is 13.1 Å². The van der Waals surface area contributed by atoms with Crippen LogP contribution in [0.3, 0.4) is 0 Å². The Balaban J connectivity index is 1.52.